The summed E-state index contributed by atoms with van der Waals surface area (Å²) in [6.45, 7) is 0.00883. The highest BCUT2D eigenvalue weighted by Crippen LogP contribution is 2.28. The lowest BCUT2D eigenvalue weighted by Gasteiger charge is -2.11. The topological polar surface area (TPSA) is 53.2 Å². The molecule has 2 aromatic carbocycles. The first-order valence-corrected chi connectivity index (χ1v) is 5.81. The minimum Gasteiger partial charge on any atom is -0.456 e. The van der Waals surface area contributed by atoms with Crippen LogP contribution in [0.4, 0.5) is 4.39 Å². The Balaban J connectivity index is 2.34. The van der Waals surface area contributed by atoms with Crippen LogP contribution in [0.5, 0.6) is 11.5 Å². The molecule has 0 fully saturated rings. The fourth-order valence-corrected chi connectivity index (χ4v) is 1.73. The van der Waals surface area contributed by atoms with E-state index in [0.29, 0.717) is 17.9 Å². The molecule has 4 heteroatoms. The zero-order valence-corrected chi connectivity index (χ0v) is 10.1. The zero-order valence-electron chi connectivity index (χ0n) is 10.1. The third-order valence-electron chi connectivity index (χ3n) is 2.64. The van der Waals surface area contributed by atoms with Gasteiger partial charge in [-0.1, -0.05) is 18.2 Å². The largest absolute Gasteiger partial charge is 0.456 e. The third-order valence-corrected chi connectivity index (χ3v) is 2.64. The van der Waals surface area contributed by atoms with Crippen molar-refractivity contribution in [2.24, 2.45) is 0 Å². The molecule has 3 nitrogen and oxygen atoms in total. The van der Waals surface area contributed by atoms with Gasteiger partial charge in [-0.05, 0) is 36.2 Å². The van der Waals surface area contributed by atoms with Gasteiger partial charge in [-0.25, -0.2) is 4.39 Å². The summed E-state index contributed by atoms with van der Waals surface area (Å²) >= 11 is 0. The van der Waals surface area contributed by atoms with Crippen LogP contribution in [0.15, 0.2) is 42.5 Å². The minimum absolute atomic E-state index is 0.00883. The van der Waals surface area contributed by atoms with Gasteiger partial charge in [0.05, 0.1) is 5.56 Å². The highest BCUT2D eigenvalue weighted by atomic mass is 19.1. The quantitative estimate of drug-likeness (QED) is 0.915. The van der Waals surface area contributed by atoms with E-state index in [-0.39, 0.29) is 12.2 Å². The summed E-state index contributed by atoms with van der Waals surface area (Å²) in [4.78, 5) is 0. The fourth-order valence-electron chi connectivity index (χ4n) is 1.73. The second kappa shape index (κ2) is 5.98. The average Bonchev–Trinajstić information content (AvgIpc) is 2.43. The summed E-state index contributed by atoms with van der Waals surface area (Å²) in [5.74, 6) is 0.376. The van der Waals surface area contributed by atoms with E-state index in [2.05, 4.69) is 0 Å². The zero-order chi connectivity index (χ0) is 13.7. The highest BCUT2D eigenvalue weighted by Gasteiger charge is 2.09. The standard InChI is InChI=1S/C15H12FNO2/c16-13-5-6-15(12(9-13)10-17)19-14-4-2-1-3-11(14)7-8-18/h1-6,9,18H,7-8H2. The maximum atomic E-state index is 13.0. The first-order valence-electron chi connectivity index (χ1n) is 5.81. The van der Waals surface area contributed by atoms with Crippen LogP contribution < -0.4 is 4.74 Å². The van der Waals surface area contributed by atoms with Crippen molar-refractivity contribution < 1.29 is 14.2 Å². The Kier molecular flexibility index (Phi) is 4.11. The van der Waals surface area contributed by atoms with Crippen molar-refractivity contribution in [3.05, 3.63) is 59.4 Å². The Labute approximate surface area is 110 Å². The normalized spacial score (nSPS) is 9.95. The van der Waals surface area contributed by atoms with Crippen molar-refractivity contribution in [2.75, 3.05) is 6.61 Å². The van der Waals surface area contributed by atoms with E-state index in [1.165, 1.54) is 12.1 Å². The maximum Gasteiger partial charge on any atom is 0.145 e. The SMILES string of the molecule is N#Cc1cc(F)ccc1Oc1ccccc1CCO. The predicted molar refractivity (Wildman–Crippen MR) is 68.4 cm³/mol. The van der Waals surface area contributed by atoms with Gasteiger partial charge in [-0.2, -0.15) is 5.26 Å². The van der Waals surface area contributed by atoms with Gasteiger partial charge < -0.3 is 9.84 Å². The Morgan fingerprint density at radius 2 is 1.95 bits per heavy atom. The molecule has 0 aliphatic carbocycles. The molecular formula is C15H12FNO2. The molecule has 0 unspecified atom stereocenters. The van der Waals surface area contributed by atoms with Crippen molar-refractivity contribution >= 4 is 0 Å². The molecular weight excluding hydrogens is 245 g/mol. The lowest BCUT2D eigenvalue weighted by molar-refractivity contribution is 0.298. The Bertz CT molecular complexity index is 620. The third kappa shape index (κ3) is 3.09. The van der Waals surface area contributed by atoms with Crippen LogP contribution in [-0.2, 0) is 6.42 Å². The summed E-state index contributed by atoms with van der Waals surface area (Å²) in [6.07, 6.45) is 0.458. The molecule has 0 aliphatic heterocycles. The number of aliphatic hydroxyl groups is 1. The number of hydrogen-bond donors (Lipinski definition) is 1. The molecule has 0 saturated heterocycles. The number of para-hydroxylation sites is 1. The number of halogens is 1. The van der Waals surface area contributed by atoms with Crippen LogP contribution in [0.3, 0.4) is 0 Å². The molecule has 0 spiro atoms. The second-order valence-electron chi connectivity index (χ2n) is 3.94. The highest BCUT2D eigenvalue weighted by molar-refractivity contribution is 5.46. The molecule has 0 aliphatic rings. The van der Waals surface area contributed by atoms with Crippen LogP contribution in [-0.4, -0.2) is 11.7 Å². The number of rotatable bonds is 4. The number of nitriles is 1. The molecule has 0 amide bonds. The molecule has 0 bridgehead atoms. The first-order chi connectivity index (χ1) is 9.24. The molecule has 0 heterocycles. The number of aliphatic hydroxyl groups excluding tert-OH is 1. The molecule has 0 atom stereocenters. The van der Waals surface area contributed by atoms with E-state index < -0.39 is 5.82 Å². The second-order valence-corrected chi connectivity index (χ2v) is 3.94. The van der Waals surface area contributed by atoms with Crippen molar-refractivity contribution in [3.63, 3.8) is 0 Å². The van der Waals surface area contributed by atoms with E-state index in [1.54, 1.807) is 12.1 Å². The van der Waals surface area contributed by atoms with Crippen LogP contribution in [0.1, 0.15) is 11.1 Å². The minimum atomic E-state index is -0.479. The Morgan fingerprint density at radius 3 is 2.68 bits per heavy atom. The van der Waals surface area contributed by atoms with Crippen LogP contribution >= 0.6 is 0 Å². The number of ether oxygens (including phenoxy) is 1. The van der Waals surface area contributed by atoms with Crippen molar-refractivity contribution in [2.45, 2.75) is 6.42 Å². The monoisotopic (exact) mass is 257 g/mol. The van der Waals surface area contributed by atoms with Crippen LogP contribution in [0.25, 0.3) is 0 Å². The first kappa shape index (κ1) is 13.1. The molecule has 2 rings (SSSR count). The lowest BCUT2D eigenvalue weighted by Crippen LogP contribution is -1.96. The molecule has 0 radical (unpaired) electrons. The Morgan fingerprint density at radius 1 is 1.16 bits per heavy atom. The van der Waals surface area contributed by atoms with E-state index >= 15 is 0 Å². The van der Waals surface area contributed by atoms with Gasteiger partial charge in [0, 0.05) is 6.61 Å². The fraction of sp³-hybridized carbons (Fsp3) is 0.133. The van der Waals surface area contributed by atoms with Gasteiger partial charge in [0.15, 0.2) is 0 Å². The number of hydrogen-bond acceptors (Lipinski definition) is 3. The average molecular weight is 257 g/mol. The molecule has 0 aromatic heterocycles. The number of nitrogens with zero attached hydrogens (tertiary/aromatic N) is 1. The van der Waals surface area contributed by atoms with E-state index in [4.69, 9.17) is 15.1 Å². The lowest BCUT2D eigenvalue weighted by atomic mass is 10.1. The van der Waals surface area contributed by atoms with Gasteiger partial charge in [0.1, 0.15) is 23.4 Å². The summed E-state index contributed by atoms with van der Waals surface area (Å²) in [7, 11) is 0. The van der Waals surface area contributed by atoms with E-state index in [1.807, 2.05) is 18.2 Å². The molecule has 2 aromatic rings. The van der Waals surface area contributed by atoms with E-state index in [9.17, 15) is 4.39 Å². The Hall–Kier alpha value is -2.38. The van der Waals surface area contributed by atoms with Gasteiger partial charge in [0.25, 0.3) is 0 Å². The summed E-state index contributed by atoms with van der Waals surface area (Å²) in [5, 5.41) is 17.9. The predicted octanol–water partition coefficient (Wildman–Crippen LogP) is 3.02. The van der Waals surface area contributed by atoms with E-state index in [0.717, 1.165) is 11.6 Å². The van der Waals surface area contributed by atoms with Crippen molar-refractivity contribution in [3.8, 4) is 17.6 Å². The van der Waals surface area contributed by atoms with Gasteiger partial charge in [0.2, 0.25) is 0 Å². The van der Waals surface area contributed by atoms with Crippen LogP contribution in [0, 0.1) is 17.1 Å². The summed E-state index contributed by atoms with van der Waals surface area (Å²) < 4.78 is 18.7. The smallest absolute Gasteiger partial charge is 0.145 e. The number of benzene rings is 2. The maximum absolute atomic E-state index is 13.0. The van der Waals surface area contributed by atoms with Crippen LogP contribution in [0.2, 0.25) is 0 Å². The summed E-state index contributed by atoms with van der Waals surface area (Å²) in [6, 6.07) is 12.9. The van der Waals surface area contributed by atoms with Gasteiger partial charge in [-0.3, -0.25) is 0 Å². The van der Waals surface area contributed by atoms with Crippen molar-refractivity contribution in [1.82, 2.24) is 0 Å². The van der Waals surface area contributed by atoms with Crippen molar-refractivity contribution in [1.29, 1.82) is 5.26 Å². The molecule has 96 valence electrons. The summed E-state index contributed by atoms with van der Waals surface area (Å²) in [5.41, 5.74) is 0.969. The van der Waals surface area contributed by atoms with Gasteiger partial charge >= 0.3 is 0 Å². The molecule has 0 saturated carbocycles. The van der Waals surface area contributed by atoms with Gasteiger partial charge in [-0.15, -0.1) is 0 Å². The molecule has 1 N–H and O–H groups in total. The molecule has 19 heavy (non-hydrogen) atoms.